The van der Waals surface area contributed by atoms with Crippen LogP contribution in [0.1, 0.15) is 41.5 Å². The molecular weight excluding hydrogens is 206 g/mol. The Morgan fingerprint density at radius 2 is 1.56 bits per heavy atom. The second-order valence-electron chi connectivity index (χ2n) is 5.12. The van der Waals surface area contributed by atoms with Gasteiger partial charge in [-0.1, -0.05) is 20.8 Å². The summed E-state index contributed by atoms with van der Waals surface area (Å²) >= 11 is 0. The molecule has 4 nitrogen and oxygen atoms in total. The number of aliphatic carboxylic acids is 1. The zero-order valence-corrected chi connectivity index (χ0v) is 10.8. The molecule has 0 fully saturated rings. The number of carboxylic acids is 1. The van der Waals surface area contributed by atoms with Crippen LogP contribution in [0.5, 0.6) is 0 Å². The van der Waals surface area contributed by atoms with Crippen molar-refractivity contribution in [3.05, 3.63) is 11.1 Å². The summed E-state index contributed by atoms with van der Waals surface area (Å²) in [4.78, 5) is 22.4. The Bertz CT molecular complexity index is 324. The first kappa shape index (κ1) is 14.7. The number of amides is 1. The summed E-state index contributed by atoms with van der Waals surface area (Å²) < 4.78 is 0. The highest BCUT2D eigenvalue weighted by atomic mass is 16.4. The second-order valence-corrected chi connectivity index (χ2v) is 5.12. The molecular formula is C12H21NO3. The lowest BCUT2D eigenvalue weighted by molar-refractivity contribution is -0.133. The highest BCUT2D eigenvalue weighted by molar-refractivity contribution is 6.01. The summed E-state index contributed by atoms with van der Waals surface area (Å²) in [5, 5.41) is 11.6. The Balaban J connectivity index is 4.74. The van der Waals surface area contributed by atoms with E-state index in [9.17, 15) is 9.59 Å². The van der Waals surface area contributed by atoms with Crippen LogP contribution in [-0.4, -0.2) is 23.0 Å². The lowest BCUT2D eigenvalue weighted by Gasteiger charge is -2.28. The Kier molecular flexibility index (Phi) is 4.72. The largest absolute Gasteiger partial charge is 0.478 e. The minimum absolute atomic E-state index is 0.0171. The van der Waals surface area contributed by atoms with Crippen LogP contribution >= 0.6 is 0 Å². The van der Waals surface area contributed by atoms with E-state index in [-0.39, 0.29) is 28.5 Å². The van der Waals surface area contributed by atoms with Gasteiger partial charge in [0.1, 0.15) is 0 Å². The Morgan fingerprint density at radius 3 is 1.88 bits per heavy atom. The van der Waals surface area contributed by atoms with E-state index in [2.05, 4.69) is 5.32 Å². The molecule has 0 rings (SSSR count). The van der Waals surface area contributed by atoms with Crippen molar-refractivity contribution in [2.45, 2.75) is 47.6 Å². The van der Waals surface area contributed by atoms with E-state index in [1.807, 2.05) is 27.7 Å². The van der Waals surface area contributed by atoms with Crippen molar-refractivity contribution in [3.8, 4) is 0 Å². The normalized spacial score (nSPS) is 15.1. The Hall–Kier alpha value is -1.32. The third-order valence-corrected chi connectivity index (χ3v) is 2.87. The number of carbonyl (C=O) groups excluding carboxylic acids is 1. The van der Waals surface area contributed by atoms with Gasteiger partial charge in [0, 0.05) is 17.2 Å². The zero-order valence-electron chi connectivity index (χ0n) is 10.8. The van der Waals surface area contributed by atoms with E-state index in [0.717, 1.165) is 0 Å². The van der Waals surface area contributed by atoms with Gasteiger partial charge in [-0.15, -0.1) is 0 Å². The Labute approximate surface area is 96.7 Å². The smallest absolute Gasteiger partial charge is 0.331 e. The fourth-order valence-corrected chi connectivity index (χ4v) is 0.852. The van der Waals surface area contributed by atoms with Crippen LogP contribution in [0.3, 0.4) is 0 Å². The van der Waals surface area contributed by atoms with Crippen LogP contribution in [0, 0.1) is 5.41 Å². The highest BCUT2D eigenvalue weighted by Gasteiger charge is 2.23. The van der Waals surface area contributed by atoms with Crippen LogP contribution in [0.15, 0.2) is 11.1 Å². The predicted octanol–water partition coefficient (Wildman–Crippen LogP) is 1.96. The minimum atomic E-state index is -1.06. The molecule has 1 atom stereocenters. The van der Waals surface area contributed by atoms with E-state index in [4.69, 9.17) is 5.11 Å². The van der Waals surface area contributed by atoms with Crippen LogP contribution < -0.4 is 5.32 Å². The molecule has 1 amide bonds. The first-order valence-corrected chi connectivity index (χ1v) is 5.29. The van der Waals surface area contributed by atoms with Crippen molar-refractivity contribution in [1.29, 1.82) is 0 Å². The van der Waals surface area contributed by atoms with E-state index in [1.54, 1.807) is 0 Å². The van der Waals surface area contributed by atoms with Crippen molar-refractivity contribution in [2.75, 3.05) is 0 Å². The maximum absolute atomic E-state index is 11.7. The van der Waals surface area contributed by atoms with Crippen molar-refractivity contribution >= 4 is 11.9 Å². The third kappa shape index (κ3) is 4.04. The molecule has 92 valence electrons. The minimum Gasteiger partial charge on any atom is -0.478 e. The fraction of sp³-hybridized carbons (Fsp3) is 0.667. The molecule has 4 heteroatoms. The molecule has 16 heavy (non-hydrogen) atoms. The number of nitrogens with one attached hydrogen (secondary N) is 1. The molecule has 0 aliphatic heterocycles. The zero-order chi connectivity index (χ0) is 13.1. The molecule has 0 aliphatic rings. The summed E-state index contributed by atoms with van der Waals surface area (Å²) in [6.45, 7) is 10.9. The average Bonchev–Trinajstić information content (AvgIpc) is 2.13. The first-order valence-electron chi connectivity index (χ1n) is 5.29. The summed E-state index contributed by atoms with van der Waals surface area (Å²) in [6.07, 6.45) is 0. The van der Waals surface area contributed by atoms with E-state index >= 15 is 0 Å². The Morgan fingerprint density at radius 1 is 1.12 bits per heavy atom. The SMILES string of the molecule is CC(C(=O)O)=C(C)C(=O)NC(C)C(C)(C)C. The summed E-state index contributed by atoms with van der Waals surface area (Å²) in [6, 6.07) is -0.0171. The summed E-state index contributed by atoms with van der Waals surface area (Å²) in [7, 11) is 0. The predicted molar refractivity (Wildman–Crippen MR) is 63.1 cm³/mol. The van der Waals surface area contributed by atoms with Crippen molar-refractivity contribution in [2.24, 2.45) is 5.41 Å². The molecule has 0 aromatic rings. The molecule has 0 bridgehead atoms. The van der Waals surface area contributed by atoms with Gasteiger partial charge < -0.3 is 10.4 Å². The van der Waals surface area contributed by atoms with Gasteiger partial charge in [0.15, 0.2) is 0 Å². The monoisotopic (exact) mass is 227 g/mol. The van der Waals surface area contributed by atoms with Gasteiger partial charge in [-0.05, 0) is 26.2 Å². The van der Waals surface area contributed by atoms with Gasteiger partial charge in [0.25, 0.3) is 0 Å². The van der Waals surface area contributed by atoms with Gasteiger partial charge in [0.2, 0.25) is 5.91 Å². The van der Waals surface area contributed by atoms with Gasteiger partial charge in [-0.25, -0.2) is 4.79 Å². The van der Waals surface area contributed by atoms with Gasteiger partial charge >= 0.3 is 5.97 Å². The molecule has 0 radical (unpaired) electrons. The average molecular weight is 227 g/mol. The molecule has 0 saturated carbocycles. The van der Waals surface area contributed by atoms with Crippen molar-refractivity contribution in [3.63, 3.8) is 0 Å². The molecule has 0 saturated heterocycles. The summed E-state index contributed by atoms with van der Waals surface area (Å²) in [5.41, 5.74) is 0.287. The molecule has 1 unspecified atom stereocenters. The van der Waals surface area contributed by atoms with Gasteiger partial charge in [0.05, 0.1) is 0 Å². The molecule has 0 heterocycles. The van der Waals surface area contributed by atoms with Crippen molar-refractivity contribution in [1.82, 2.24) is 5.32 Å². The number of carbonyl (C=O) groups is 2. The number of carboxylic acid groups (broad SMARTS) is 1. The molecule has 2 N–H and O–H groups in total. The van der Waals surface area contributed by atoms with Crippen LogP contribution in [-0.2, 0) is 9.59 Å². The lowest BCUT2D eigenvalue weighted by Crippen LogP contribution is -2.42. The number of rotatable bonds is 3. The maximum Gasteiger partial charge on any atom is 0.331 e. The van der Waals surface area contributed by atoms with Gasteiger partial charge in [-0.2, -0.15) is 0 Å². The van der Waals surface area contributed by atoms with Crippen LogP contribution in [0.4, 0.5) is 0 Å². The van der Waals surface area contributed by atoms with E-state index in [1.165, 1.54) is 13.8 Å². The van der Waals surface area contributed by atoms with E-state index in [0.29, 0.717) is 0 Å². The number of hydrogen-bond acceptors (Lipinski definition) is 2. The number of hydrogen-bond donors (Lipinski definition) is 2. The standard InChI is InChI=1S/C12H21NO3/c1-7(8(2)11(15)16)10(14)13-9(3)12(4,5)6/h9H,1-6H3,(H,13,14)(H,15,16). The highest BCUT2D eigenvalue weighted by Crippen LogP contribution is 2.19. The summed E-state index contributed by atoms with van der Waals surface area (Å²) in [5.74, 6) is -1.38. The first-order chi connectivity index (χ1) is 7.07. The third-order valence-electron chi connectivity index (χ3n) is 2.87. The van der Waals surface area contributed by atoms with E-state index < -0.39 is 5.97 Å². The molecule has 0 aromatic carbocycles. The van der Waals surface area contributed by atoms with Crippen LogP contribution in [0.2, 0.25) is 0 Å². The lowest BCUT2D eigenvalue weighted by atomic mass is 9.88. The topological polar surface area (TPSA) is 66.4 Å². The van der Waals surface area contributed by atoms with Crippen LogP contribution in [0.25, 0.3) is 0 Å². The molecule has 0 spiro atoms. The second kappa shape index (κ2) is 5.14. The fourth-order valence-electron chi connectivity index (χ4n) is 0.852. The quantitative estimate of drug-likeness (QED) is 0.724. The molecule has 0 aliphatic carbocycles. The van der Waals surface area contributed by atoms with Crippen molar-refractivity contribution < 1.29 is 14.7 Å². The van der Waals surface area contributed by atoms with Gasteiger partial charge in [-0.3, -0.25) is 4.79 Å². The molecule has 0 aromatic heterocycles. The maximum atomic E-state index is 11.7.